The Morgan fingerprint density at radius 3 is 2.59 bits per heavy atom. The highest BCUT2D eigenvalue weighted by Gasteiger charge is 2.22. The van der Waals surface area contributed by atoms with E-state index in [9.17, 15) is 32.7 Å². The van der Waals surface area contributed by atoms with Crippen LogP contribution in [0.15, 0.2) is 43.7 Å². The van der Waals surface area contributed by atoms with E-state index >= 15 is 0 Å². The first-order chi connectivity index (χ1) is 16.1. The molecule has 0 atom stereocenters. The summed E-state index contributed by atoms with van der Waals surface area (Å²) in [5, 5.41) is 10.3. The molecule has 13 heteroatoms. The molecule has 0 aliphatic rings. The molecule has 0 bridgehead atoms. The molecule has 34 heavy (non-hydrogen) atoms. The van der Waals surface area contributed by atoms with Crippen molar-refractivity contribution in [2.24, 2.45) is 0 Å². The molecular weight excluding hydrogens is 545 g/mol. The summed E-state index contributed by atoms with van der Waals surface area (Å²) in [5.74, 6) is -4.83. The van der Waals surface area contributed by atoms with Crippen molar-refractivity contribution in [3.8, 4) is 17.2 Å². The number of thiophene rings is 1. The van der Waals surface area contributed by atoms with Gasteiger partial charge in [-0.05, 0) is 34.1 Å². The van der Waals surface area contributed by atoms with Gasteiger partial charge in [0, 0.05) is 11.4 Å². The number of aromatic carboxylic acids is 1. The fraction of sp³-hybridized carbons (Fsp3) is 0.0952. The smallest absolute Gasteiger partial charge is 0.346 e. The van der Waals surface area contributed by atoms with Crippen molar-refractivity contribution in [2.45, 2.75) is 6.61 Å². The number of aromatic nitrogens is 2. The van der Waals surface area contributed by atoms with Crippen molar-refractivity contribution in [3.05, 3.63) is 82.8 Å². The number of H-pyrrole nitrogens is 1. The molecule has 8 nitrogen and oxygen atoms in total. The molecule has 176 valence electrons. The van der Waals surface area contributed by atoms with Gasteiger partial charge >= 0.3 is 11.7 Å². The van der Waals surface area contributed by atoms with Crippen LogP contribution in [0.5, 0.6) is 11.5 Å². The van der Waals surface area contributed by atoms with Crippen molar-refractivity contribution >= 4 is 44.1 Å². The van der Waals surface area contributed by atoms with E-state index in [1.807, 2.05) is 0 Å². The third kappa shape index (κ3) is 3.96. The predicted molar refractivity (Wildman–Crippen MR) is 120 cm³/mol. The van der Waals surface area contributed by atoms with Gasteiger partial charge in [0.15, 0.2) is 11.6 Å². The lowest BCUT2D eigenvalue weighted by molar-refractivity contribution is 0.0704. The van der Waals surface area contributed by atoms with E-state index in [0.717, 1.165) is 29.5 Å². The van der Waals surface area contributed by atoms with Crippen molar-refractivity contribution in [3.63, 3.8) is 0 Å². The number of carboxylic acids is 1. The first-order valence-corrected chi connectivity index (χ1v) is 10.9. The second kappa shape index (κ2) is 8.99. The number of hydrogen-bond donors (Lipinski definition) is 2. The van der Waals surface area contributed by atoms with Crippen LogP contribution in [-0.4, -0.2) is 27.7 Å². The molecular formula is C21H12BrF3N2O6S. The highest BCUT2D eigenvalue weighted by Crippen LogP contribution is 2.32. The lowest BCUT2D eigenvalue weighted by Gasteiger charge is -2.14. The Morgan fingerprint density at radius 1 is 1.18 bits per heavy atom. The van der Waals surface area contributed by atoms with Gasteiger partial charge in [0.1, 0.15) is 28.8 Å². The van der Waals surface area contributed by atoms with Gasteiger partial charge in [-0.3, -0.25) is 4.79 Å². The van der Waals surface area contributed by atoms with Crippen molar-refractivity contribution in [1.82, 2.24) is 9.55 Å². The first-order valence-electron chi connectivity index (χ1n) is 9.27. The van der Waals surface area contributed by atoms with Crippen LogP contribution in [0, 0.1) is 17.5 Å². The number of methoxy groups -OCH3 is 1. The van der Waals surface area contributed by atoms with Gasteiger partial charge in [-0.2, -0.15) is 0 Å². The fourth-order valence-electron chi connectivity index (χ4n) is 3.26. The quantitative estimate of drug-likeness (QED) is 0.368. The number of hydrogen-bond acceptors (Lipinski definition) is 6. The van der Waals surface area contributed by atoms with Gasteiger partial charge in [0.05, 0.1) is 33.7 Å². The zero-order valence-corrected chi connectivity index (χ0v) is 19.4. The van der Waals surface area contributed by atoms with Gasteiger partial charge in [-0.25, -0.2) is 27.3 Å². The minimum Gasteiger partial charge on any atom is -0.496 e. The van der Waals surface area contributed by atoms with Crippen LogP contribution >= 0.6 is 27.3 Å². The molecule has 2 N–H and O–H groups in total. The summed E-state index contributed by atoms with van der Waals surface area (Å²) in [6.07, 6.45) is 0. The molecule has 0 unspecified atom stereocenters. The van der Waals surface area contributed by atoms with Gasteiger partial charge < -0.3 is 19.6 Å². The lowest BCUT2D eigenvalue weighted by Crippen LogP contribution is -2.34. The maximum atomic E-state index is 14.8. The molecule has 0 aliphatic heterocycles. The maximum absolute atomic E-state index is 14.8. The Kier molecular flexibility index (Phi) is 6.23. The average molecular weight is 557 g/mol. The zero-order valence-electron chi connectivity index (χ0n) is 16.9. The van der Waals surface area contributed by atoms with E-state index in [1.165, 1.54) is 18.6 Å². The Hall–Kier alpha value is -3.58. The van der Waals surface area contributed by atoms with E-state index in [4.69, 9.17) is 9.47 Å². The lowest BCUT2D eigenvalue weighted by atomic mass is 10.2. The maximum Gasteiger partial charge on any atom is 0.346 e. The highest BCUT2D eigenvalue weighted by molar-refractivity contribution is 9.10. The van der Waals surface area contributed by atoms with Crippen LogP contribution in [0.25, 0.3) is 16.6 Å². The monoisotopic (exact) mass is 556 g/mol. The molecule has 0 spiro atoms. The van der Waals surface area contributed by atoms with E-state index in [-0.39, 0.29) is 37.3 Å². The topological polar surface area (TPSA) is 111 Å². The normalized spacial score (nSPS) is 11.1. The molecule has 2 aromatic heterocycles. The number of nitrogens with zero attached hydrogens (tertiary/aromatic N) is 1. The minimum absolute atomic E-state index is 0.00341. The molecule has 4 aromatic rings. The highest BCUT2D eigenvalue weighted by atomic mass is 79.9. The number of halogens is 4. The van der Waals surface area contributed by atoms with E-state index in [1.54, 1.807) is 0 Å². The molecule has 0 saturated heterocycles. The number of ether oxygens (including phenoxy) is 2. The van der Waals surface area contributed by atoms with E-state index in [0.29, 0.717) is 4.57 Å². The standard InChI is InChI=1S/C21H12BrF3N2O6S/c1-32-14-3-2-10(23)17(25)8(14)6-33-15-5-13(11(24)4-9(15)22)27-19(28)16-12(26-21(27)31)7-34-18(16)20(29)30/h2-5,7H,6H2,1H3,(H,26,31)(H,29,30). The summed E-state index contributed by atoms with van der Waals surface area (Å²) in [7, 11) is 1.26. The van der Waals surface area contributed by atoms with Crippen LogP contribution in [0.2, 0.25) is 0 Å². The van der Waals surface area contributed by atoms with E-state index < -0.39 is 47.0 Å². The van der Waals surface area contributed by atoms with Crippen LogP contribution in [-0.2, 0) is 6.61 Å². The summed E-state index contributed by atoms with van der Waals surface area (Å²) in [6.45, 7) is -0.533. The third-order valence-corrected chi connectivity index (χ3v) is 6.42. The SMILES string of the molecule is COc1ccc(F)c(F)c1COc1cc(-n2c(=O)[nH]c3csc(C(=O)O)c3c2=O)c(F)cc1Br. The predicted octanol–water partition coefficient (Wildman–Crippen LogP) is 4.21. The molecule has 0 radical (unpaired) electrons. The largest absolute Gasteiger partial charge is 0.496 e. The first kappa shape index (κ1) is 23.6. The van der Waals surface area contributed by atoms with Crippen molar-refractivity contribution in [1.29, 1.82) is 0 Å². The molecule has 0 aliphatic carbocycles. The Balaban J connectivity index is 1.83. The summed E-state index contributed by atoms with van der Waals surface area (Å²) in [4.78, 5) is 39.0. The molecule has 4 rings (SSSR count). The van der Waals surface area contributed by atoms with Crippen LogP contribution in [0.4, 0.5) is 13.2 Å². The van der Waals surface area contributed by atoms with Gasteiger partial charge in [-0.15, -0.1) is 11.3 Å². The van der Waals surface area contributed by atoms with Crippen molar-refractivity contribution in [2.75, 3.05) is 7.11 Å². The molecule has 0 fully saturated rings. The number of benzene rings is 2. The second-order valence-electron chi connectivity index (χ2n) is 6.79. The van der Waals surface area contributed by atoms with Gasteiger partial charge in [0.25, 0.3) is 5.56 Å². The van der Waals surface area contributed by atoms with Crippen molar-refractivity contribution < 1.29 is 32.5 Å². The zero-order chi connectivity index (χ0) is 24.7. The summed E-state index contributed by atoms with van der Waals surface area (Å²) in [6, 6.07) is 4.00. The van der Waals surface area contributed by atoms with Crippen LogP contribution < -0.4 is 20.7 Å². The summed E-state index contributed by atoms with van der Waals surface area (Å²) in [5.41, 5.74) is -2.86. The molecule has 2 aromatic carbocycles. The Bertz CT molecular complexity index is 1580. The number of nitrogens with one attached hydrogen (secondary N) is 1. The molecule has 0 amide bonds. The number of aromatic amines is 1. The average Bonchev–Trinajstić information content (AvgIpc) is 3.21. The fourth-order valence-corrected chi connectivity index (χ4v) is 4.52. The second-order valence-corrected chi connectivity index (χ2v) is 8.53. The van der Waals surface area contributed by atoms with Crippen LogP contribution in [0.3, 0.4) is 0 Å². The summed E-state index contributed by atoms with van der Waals surface area (Å²) >= 11 is 3.82. The van der Waals surface area contributed by atoms with Gasteiger partial charge in [0.2, 0.25) is 0 Å². The number of rotatable bonds is 6. The number of carboxylic acid groups (broad SMARTS) is 1. The van der Waals surface area contributed by atoms with Crippen LogP contribution in [0.1, 0.15) is 15.2 Å². The van der Waals surface area contributed by atoms with E-state index in [2.05, 4.69) is 20.9 Å². The number of fused-ring (bicyclic) bond motifs is 1. The molecule has 2 heterocycles. The summed E-state index contributed by atoms with van der Waals surface area (Å²) < 4.78 is 53.7. The molecule has 0 saturated carbocycles. The Morgan fingerprint density at radius 2 is 1.91 bits per heavy atom. The number of carbonyl (C=O) groups is 1. The third-order valence-electron chi connectivity index (χ3n) is 4.83. The Labute approximate surface area is 199 Å². The minimum atomic E-state index is -1.39. The van der Waals surface area contributed by atoms with Gasteiger partial charge in [-0.1, -0.05) is 0 Å².